The number of nitrogens with zero attached hydrogens (tertiary/aromatic N) is 2. The summed E-state index contributed by atoms with van der Waals surface area (Å²) in [5.41, 5.74) is 4.40. The minimum atomic E-state index is 0.524. The number of ether oxygens (including phenoxy) is 1. The van der Waals surface area contributed by atoms with Crippen molar-refractivity contribution in [2.45, 2.75) is 6.73 Å². The van der Waals surface area contributed by atoms with E-state index in [1.807, 2.05) is 24.4 Å². The van der Waals surface area contributed by atoms with Crippen molar-refractivity contribution in [3.63, 3.8) is 0 Å². The fraction of sp³-hybridized carbons (Fsp3) is 0.105. The fourth-order valence-corrected chi connectivity index (χ4v) is 2.98. The molecule has 0 saturated carbocycles. The smallest absolute Gasteiger partial charge is 0.123 e. The van der Waals surface area contributed by atoms with Gasteiger partial charge < -0.3 is 9.30 Å². The van der Waals surface area contributed by atoms with Crippen molar-refractivity contribution in [3.05, 3.63) is 66.9 Å². The van der Waals surface area contributed by atoms with Crippen molar-refractivity contribution in [2.75, 3.05) is 7.11 Å². The Hall–Kier alpha value is -2.65. The van der Waals surface area contributed by atoms with Crippen LogP contribution in [-0.2, 0) is 11.5 Å². The van der Waals surface area contributed by atoms with Gasteiger partial charge >= 0.3 is 0 Å². The normalized spacial score (nSPS) is 11.3. The van der Waals surface area contributed by atoms with Crippen LogP contribution >= 0.6 is 0 Å². The van der Waals surface area contributed by atoms with Crippen molar-refractivity contribution in [1.82, 2.24) is 9.55 Å². The average Bonchev–Trinajstić information content (AvgIpc) is 2.90. The van der Waals surface area contributed by atoms with E-state index in [0.717, 1.165) is 16.8 Å². The van der Waals surface area contributed by atoms with Gasteiger partial charge in [0.15, 0.2) is 0 Å². The highest BCUT2D eigenvalue weighted by Gasteiger charge is 2.11. The Morgan fingerprint density at radius 3 is 2.50 bits per heavy atom. The Balaban J connectivity index is 2.02. The van der Waals surface area contributed by atoms with Crippen LogP contribution in [0.25, 0.3) is 33.1 Å². The minimum absolute atomic E-state index is 0.524. The molecule has 0 aliphatic carbocycles. The third kappa shape index (κ3) is 1.98. The van der Waals surface area contributed by atoms with Crippen LogP contribution in [0.3, 0.4) is 0 Å². The molecule has 2 aromatic carbocycles. The van der Waals surface area contributed by atoms with Crippen LogP contribution < -0.4 is 0 Å². The van der Waals surface area contributed by atoms with Crippen molar-refractivity contribution in [3.8, 4) is 11.3 Å². The standard InChI is InChI=1S/C19H16N2O/c1-22-13-21-18-10-6-5-9-15(18)16-11-17(20-12-19(16)21)14-7-3-2-4-8-14/h2-12H,13H2,1H3. The summed E-state index contributed by atoms with van der Waals surface area (Å²) in [6.07, 6.45) is 1.94. The molecule has 4 aromatic rings. The van der Waals surface area contributed by atoms with Gasteiger partial charge in [0.25, 0.3) is 0 Å². The van der Waals surface area contributed by atoms with E-state index >= 15 is 0 Å². The Labute approximate surface area is 128 Å². The van der Waals surface area contributed by atoms with Crippen LogP contribution in [0.4, 0.5) is 0 Å². The van der Waals surface area contributed by atoms with E-state index in [-0.39, 0.29) is 0 Å². The molecule has 2 heterocycles. The molecule has 3 heteroatoms. The number of benzene rings is 2. The third-order valence-electron chi connectivity index (χ3n) is 3.99. The second kappa shape index (κ2) is 5.28. The zero-order valence-corrected chi connectivity index (χ0v) is 12.4. The molecule has 0 amide bonds. The number of aromatic nitrogens is 2. The number of hydrogen-bond acceptors (Lipinski definition) is 2. The van der Waals surface area contributed by atoms with Gasteiger partial charge in [-0.25, -0.2) is 0 Å². The number of hydrogen-bond donors (Lipinski definition) is 0. The summed E-state index contributed by atoms with van der Waals surface area (Å²) in [6.45, 7) is 0.524. The molecule has 0 aliphatic rings. The minimum Gasteiger partial charge on any atom is -0.364 e. The maximum absolute atomic E-state index is 5.35. The van der Waals surface area contributed by atoms with Gasteiger partial charge in [0.05, 0.1) is 22.9 Å². The van der Waals surface area contributed by atoms with Crippen LogP contribution in [0.1, 0.15) is 0 Å². The van der Waals surface area contributed by atoms with E-state index in [1.165, 1.54) is 16.3 Å². The summed E-state index contributed by atoms with van der Waals surface area (Å²) in [5, 5.41) is 2.44. The van der Waals surface area contributed by atoms with Crippen LogP contribution in [0.15, 0.2) is 66.9 Å². The highest BCUT2D eigenvalue weighted by molar-refractivity contribution is 6.08. The SMILES string of the molecule is COCn1c2ccccc2c2cc(-c3ccccc3)ncc21. The maximum atomic E-state index is 5.35. The summed E-state index contributed by atoms with van der Waals surface area (Å²) >= 11 is 0. The molecule has 108 valence electrons. The van der Waals surface area contributed by atoms with Gasteiger partial charge in [-0.2, -0.15) is 0 Å². The molecule has 0 radical (unpaired) electrons. The molecule has 4 rings (SSSR count). The molecule has 0 unspecified atom stereocenters. The first-order valence-electron chi connectivity index (χ1n) is 7.30. The van der Waals surface area contributed by atoms with Crippen LogP contribution in [0.2, 0.25) is 0 Å². The second-order valence-electron chi connectivity index (χ2n) is 5.32. The van der Waals surface area contributed by atoms with E-state index in [1.54, 1.807) is 7.11 Å². The average molecular weight is 288 g/mol. The van der Waals surface area contributed by atoms with Crippen LogP contribution in [0.5, 0.6) is 0 Å². The van der Waals surface area contributed by atoms with Gasteiger partial charge in [-0.1, -0.05) is 48.5 Å². The first kappa shape index (κ1) is 13.0. The van der Waals surface area contributed by atoms with E-state index < -0.39 is 0 Å². The first-order valence-corrected chi connectivity index (χ1v) is 7.30. The predicted octanol–water partition coefficient (Wildman–Crippen LogP) is 4.46. The number of rotatable bonds is 3. The molecule has 3 nitrogen and oxygen atoms in total. The Bertz CT molecular complexity index is 942. The van der Waals surface area contributed by atoms with Gasteiger partial charge in [0.2, 0.25) is 0 Å². The summed E-state index contributed by atoms with van der Waals surface area (Å²) in [4.78, 5) is 4.64. The number of para-hydroxylation sites is 1. The van der Waals surface area contributed by atoms with Gasteiger partial charge in [-0.15, -0.1) is 0 Å². The summed E-state index contributed by atoms with van der Waals surface area (Å²) in [6, 6.07) is 20.8. The second-order valence-corrected chi connectivity index (χ2v) is 5.32. The van der Waals surface area contributed by atoms with Gasteiger partial charge in [-0.05, 0) is 12.1 Å². The van der Waals surface area contributed by atoms with Crippen LogP contribution in [0, 0.1) is 0 Å². The molecule has 0 spiro atoms. The molecular weight excluding hydrogens is 272 g/mol. The van der Waals surface area contributed by atoms with E-state index in [4.69, 9.17) is 4.74 Å². The van der Waals surface area contributed by atoms with Crippen molar-refractivity contribution < 1.29 is 4.74 Å². The molecule has 2 aromatic heterocycles. The number of pyridine rings is 1. The molecule has 0 fully saturated rings. The monoisotopic (exact) mass is 288 g/mol. The predicted molar refractivity (Wildman–Crippen MR) is 89.7 cm³/mol. The molecule has 0 aliphatic heterocycles. The van der Waals surface area contributed by atoms with Crippen molar-refractivity contribution >= 4 is 21.8 Å². The Kier molecular flexibility index (Phi) is 3.13. The Morgan fingerprint density at radius 1 is 0.909 bits per heavy atom. The number of methoxy groups -OCH3 is 1. The summed E-state index contributed by atoms with van der Waals surface area (Å²) in [5.74, 6) is 0. The fourth-order valence-electron chi connectivity index (χ4n) is 2.98. The van der Waals surface area contributed by atoms with E-state index in [0.29, 0.717) is 6.73 Å². The lowest BCUT2D eigenvalue weighted by molar-refractivity contribution is 0.138. The Morgan fingerprint density at radius 2 is 1.68 bits per heavy atom. The molecule has 0 atom stereocenters. The van der Waals surface area contributed by atoms with E-state index in [2.05, 4.69) is 52.0 Å². The lowest BCUT2D eigenvalue weighted by Crippen LogP contribution is -1.99. The third-order valence-corrected chi connectivity index (χ3v) is 3.99. The summed E-state index contributed by atoms with van der Waals surface area (Å²) < 4.78 is 7.51. The van der Waals surface area contributed by atoms with Crippen molar-refractivity contribution in [2.24, 2.45) is 0 Å². The molecule has 0 N–H and O–H groups in total. The zero-order valence-electron chi connectivity index (χ0n) is 12.4. The van der Waals surface area contributed by atoms with E-state index in [9.17, 15) is 0 Å². The summed E-state index contributed by atoms with van der Waals surface area (Å²) in [7, 11) is 1.71. The van der Waals surface area contributed by atoms with Crippen molar-refractivity contribution in [1.29, 1.82) is 0 Å². The van der Waals surface area contributed by atoms with Crippen LogP contribution in [-0.4, -0.2) is 16.7 Å². The zero-order chi connectivity index (χ0) is 14.9. The largest absolute Gasteiger partial charge is 0.364 e. The maximum Gasteiger partial charge on any atom is 0.123 e. The van der Waals surface area contributed by atoms with Gasteiger partial charge in [-0.3, -0.25) is 4.98 Å². The molecule has 0 saturated heterocycles. The molecular formula is C19H16N2O. The number of fused-ring (bicyclic) bond motifs is 3. The highest BCUT2D eigenvalue weighted by Crippen LogP contribution is 2.31. The lowest BCUT2D eigenvalue weighted by atomic mass is 10.1. The quantitative estimate of drug-likeness (QED) is 0.556. The molecule has 22 heavy (non-hydrogen) atoms. The highest BCUT2D eigenvalue weighted by atomic mass is 16.5. The lowest BCUT2D eigenvalue weighted by Gasteiger charge is -2.05. The van der Waals surface area contributed by atoms with Gasteiger partial charge in [0.1, 0.15) is 6.73 Å². The van der Waals surface area contributed by atoms with Gasteiger partial charge in [0, 0.05) is 23.4 Å². The first-order chi connectivity index (χ1) is 10.9. The molecule has 0 bridgehead atoms. The topological polar surface area (TPSA) is 27.1 Å².